The molecule has 1 saturated heterocycles. The summed E-state index contributed by atoms with van der Waals surface area (Å²) in [6.45, 7) is 11.1. The summed E-state index contributed by atoms with van der Waals surface area (Å²) in [5.41, 5.74) is 0.0235. The molecule has 2 unspecified atom stereocenters. The van der Waals surface area contributed by atoms with Gasteiger partial charge >= 0.3 is 0 Å². The fourth-order valence-corrected chi connectivity index (χ4v) is 3.50. The third kappa shape index (κ3) is 2.96. The third-order valence-corrected chi connectivity index (χ3v) is 4.71. The van der Waals surface area contributed by atoms with Gasteiger partial charge in [-0.3, -0.25) is 10.1 Å². The molecule has 19 heavy (non-hydrogen) atoms. The molecule has 1 saturated carbocycles. The number of rotatable bonds is 6. The molecule has 1 N–H and O–H groups in total. The monoisotopic (exact) mass is 266 g/mol. The fourth-order valence-electron chi connectivity index (χ4n) is 3.50. The molecular formula is C16H30N2O. The van der Waals surface area contributed by atoms with Crippen molar-refractivity contribution in [3.63, 3.8) is 0 Å². The highest BCUT2D eigenvalue weighted by Crippen LogP contribution is 2.45. The number of nitrogens with one attached hydrogen (secondary N) is 1. The van der Waals surface area contributed by atoms with Crippen molar-refractivity contribution in [2.45, 2.75) is 84.5 Å². The molecule has 1 aliphatic carbocycles. The molecule has 110 valence electrons. The molecule has 0 aromatic carbocycles. The second-order valence-electron chi connectivity index (χ2n) is 7.29. The number of carbonyl (C=O) groups is 1. The predicted octanol–water partition coefficient (Wildman–Crippen LogP) is 3.15. The Morgan fingerprint density at radius 1 is 1.37 bits per heavy atom. The Morgan fingerprint density at radius 2 is 2.00 bits per heavy atom. The fraction of sp³-hybridized carbons (Fsp3) is 0.938. The minimum atomic E-state index is 0.0235. The van der Waals surface area contributed by atoms with Gasteiger partial charge in [0.15, 0.2) is 0 Å². The van der Waals surface area contributed by atoms with Crippen molar-refractivity contribution in [3.8, 4) is 0 Å². The smallest absolute Gasteiger partial charge is 0.241 e. The van der Waals surface area contributed by atoms with Crippen molar-refractivity contribution in [2.75, 3.05) is 0 Å². The van der Waals surface area contributed by atoms with Gasteiger partial charge in [0.1, 0.15) is 0 Å². The molecule has 1 amide bonds. The van der Waals surface area contributed by atoms with Crippen LogP contribution in [0.5, 0.6) is 0 Å². The normalized spacial score (nSPS) is 28.5. The van der Waals surface area contributed by atoms with Crippen molar-refractivity contribution in [2.24, 2.45) is 11.8 Å². The zero-order valence-corrected chi connectivity index (χ0v) is 13.2. The highest BCUT2D eigenvalue weighted by atomic mass is 16.2. The molecule has 0 spiro atoms. The van der Waals surface area contributed by atoms with E-state index in [2.05, 4.69) is 44.8 Å². The van der Waals surface area contributed by atoms with Crippen molar-refractivity contribution >= 4 is 5.91 Å². The van der Waals surface area contributed by atoms with E-state index in [4.69, 9.17) is 0 Å². The van der Waals surface area contributed by atoms with E-state index in [9.17, 15) is 4.79 Å². The summed E-state index contributed by atoms with van der Waals surface area (Å²) in [5, 5.41) is 3.59. The van der Waals surface area contributed by atoms with Gasteiger partial charge in [-0.15, -0.1) is 0 Å². The summed E-state index contributed by atoms with van der Waals surface area (Å²) in [6.07, 6.45) is 5.95. The maximum absolute atomic E-state index is 12.8. The number of carbonyl (C=O) groups excluding carboxylic acids is 1. The van der Waals surface area contributed by atoms with Crippen LogP contribution in [0.1, 0.15) is 66.7 Å². The molecule has 1 heterocycles. The van der Waals surface area contributed by atoms with E-state index in [-0.39, 0.29) is 17.7 Å². The van der Waals surface area contributed by atoms with Gasteiger partial charge in [0.2, 0.25) is 5.91 Å². The lowest BCUT2D eigenvalue weighted by Gasteiger charge is -2.40. The van der Waals surface area contributed by atoms with Crippen molar-refractivity contribution in [1.29, 1.82) is 0 Å². The minimum Gasteiger partial charge on any atom is -0.320 e. The second-order valence-corrected chi connectivity index (χ2v) is 7.29. The lowest BCUT2D eigenvalue weighted by molar-refractivity contribution is -0.136. The zero-order chi connectivity index (χ0) is 14.2. The number of amides is 1. The van der Waals surface area contributed by atoms with E-state index in [1.165, 1.54) is 12.8 Å². The summed E-state index contributed by atoms with van der Waals surface area (Å²) in [7, 11) is 0. The van der Waals surface area contributed by atoms with Crippen LogP contribution in [0.25, 0.3) is 0 Å². The van der Waals surface area contributed by atoms with E-state index < -0.39 is 0 Å². The molecule has 3 heteroatoms. The van der Waals surface area contributed by atoms with E-state index >= 15 is 0 Å². The first-order valence-corrected chi connectivity index (χ1v) is 7.97. The summed E-state index contributed by atoms with van der Waals surface area (Å²) in [5.74, 6) is 1.60. The van der Waals surface area contributed by atoms with Crippen LogP contribution in [-0.2, 0) is 4.79 Å². The average Bonchev–Trinajstić information content (AvgIpc) is 3.07. The van der Waals surface area contributed by atoms with Crippen LogP contribution >= 0.6 is 0 Å². The number of hydrogen-bond acceptors (Lipinski definition) is 2. The van der Waals surface area contributed by atoms with Crippen LogP contribution in [0.4, 0.5) is 0 Å². The number of nitrogens with zero attached hydrogens (tertiary/aromatic N) is 1. The summed E-state index contributed by atoms with van der Waals surface area (Å²) >= 11 is 0. The van der Waals surface area contributed by atoms with Crippen molar-refractivity contribution in [3.05, 3.63) is 0 Å². The molecule has 2 fully saturated rings. The molecular weight excluding hydrogens is 236 g/mol. The van der Waals surface area contributed by atoms with Crippen LogP contribution < -0.4 is 5.32 Å². The van der Waals surface area contributed by atoms with E-state index in [1.807, 2.05) is 0 Å². The van der Waals surface area contributed by atoms with Gasteiger partial charge in [0, 0.05) is 5.54 Å². The average molecular weight is 266 g/mol. The Balaban J connectivity index is 2.15. The maximum Gasteiger partial charge on any atom is 0.241 e. The van der Waals surface area contributed by atoms with E-state index in [0.717, 1.165) is 19.3 Å². The lowest BCUT2D eigenvalue weighted by Crippen LogP contribution is -2.52. The van der Waals surface area contributed by atoms with Gasteiger partial charge in [-0.1, -0.05) is 27.2 Å². The van der Waals surface area contributed by atoms with Crippen LogP contribution in [-0.4, -0.2) is 28.6 Å². The van der Waals surface area contributed by atoms with Gasteiger partial charge in [0.25, 0.3) is 0 Å². The van der Waals surface area contributed by atoms with Gasteiger partial charge < -0.3 is 4.90 Å². The topological polar surface area (TPSA) is 32.3 Å². The van der Waals surface area contributed by atoms with Crippen molar-refractivity contribution < 1.29 is 4.79 Å². The number of hydrogen-bond donors (Lipinski definition) is 1. The lowest BCUT2D eigenvalue weighted by atomic mass is 9.94. The molecule has 0 radical (unpaired) electrons. The van der Waals surface area contributed by atoms with Gasteiger partial charge in [-0.05, 0) is 51.4 Å². The Labute approximate surface area is 118 Å². The van der Waals surface area contributed by atoms with Crippen LogP contribution in [0.3, 0.4) is 0 Å². The van der Waals surface area contributed by atoms with E-state index in [1.54, 1.807) is 0 Å². The van der Waals surface area contributed by atoms with Crippen molar-refractivity contribution in [1.82, 2.24) is 10.2 Å². The molecule has 0 bridgehead atoms. The molecule has 1 aliphatic heterocycles. The molecule has 0 aromatic rings. The molecule has 2 atom stereocenters. The largest absolute Gasteiger partial charge is 0.320 e. The van der Waals surface area contributed by atoms with Gasteiger partial charge in [0.05, 0.1) is 12.2 Å². The summed E-state index contributed by atoms with van der Waals surface area (Å²) in [6, 6.07) is 0.0366. The SMILES string of the molecule is CCCC1NC(CC(C)C)C(=O)N1C(C)(C)C1CC1. The third-order valence-electron chi connectivity index (χ3n) is 4.71. The van der Waals surface area contributed by atoms with Crippen LogP contribution in [0.15, 0.2) is 0 Å². The Hall–Kier alpha value is -0.570. The quantitative estimate of drug-likeness (QED) is 0.801. The first-order valence-electron chi connectivity index (χ1n) is 7.97. The van der Waals surface area contributed by atoms with Crippen LogP contribution in [0, 0.1) is 11.8 Å². The minimum absolute atomic E-state index is 0.0235. The highest BCUT2D eigenvalue weighted by Gasteiger charge is 2.51. The first-order chi connectivity index (χ1) is 8.87. The van der Waals surface area contributed by atoms with Gasteiger partial charge in [-0.25, -0.2) is 0 Å². The molecule has 0 aromatic heterocycles. The van der Waals surface area contributed by atoms with E-state index in [0.29, 0.717) is 17.7 Å². The van der Waals surface area contributed by atoms with Crippen LogP contribution in [0.2, 0.25) is 0 Å². The highest BCUT2D eigenvalue weighted by molar-refractivity contribution is 5.85. The Morgan fingerprint density at radius 3 is 2.47 bits per heavy atom. The standard InChI is InChI=1S/C16H30N2O/c1-6-7-14-17-13(10-11(2)3)15(19)18(14)16(4,5)12-8-9-12/h11-14,17H,6-10H2,1-5H3. The predicted molar refractivity (Wildman–Crippen MR) is 78.7 cm³/mol. The summed E-state index contributed by atoms with van der Waals surface area (Å²) < 4.78 is 0. The zero-order valence-electron chi connectivity index (χ0n) is 13.2. The molecule has 3 nitrogen and oxygen atoms in total. The molecule has 2 aliphatic rings. The van der Waals surface area contributed by atoms with Gasteiger partial charge in [-0.2, -0.15) is 0 Å². The Bertz CT molecular complexity index is 334. The molecule has 2 rings (SSSR count). The second kappa shape index (κ2) is 5.43. The Kier molecular flexibility index (Phi) is 4.24. The maximum atomic E-state index is 12.8. The first kappa shape index (κ1) is 14.8. The summed E-state index contributed by atoms with van der Waals surface area (Å²) in [4.78, 5) is 15.0.